The van der Waals surface area contributed by atoms with Crippen LogP contribution in [0.25, 0.3) is 0 Å². The van der Waals surface area contributed by atoms with Gasteiger partial charge in [0.15, 0.2) is 0 Å². The van der Waals surface area contributed by atoms with Crippen LogP contribution in [0, 0.1) is 0 Å². The molecule has 2 N–H and O–H groups in total. The maximum absolute atomic E-state index is 11.9. The minimum absolute atomic E-state index is 0.366. The van der Waals surface area contributed by atoms with Crippen molar-refractivity contribution < 1.29 is 4.79 Å². The molecule has 6 heteroatoms. The van der Waals surface area contributed by atoms with Crippen LogP contribution in [0.5, 0.6) is 0 Å². The van der Waals surface area contributed by atoms with Crippen molar-refractivity contribution in [3.05, 3.63) is 58.6 Å². The number of hydrazine groups is 1. The third-order valence-corrected chi connectivity index (χ3v) is 3.33. The zero-order valence-electron chi connectivity index (χ0n) is 10.7. The molecule has 0 aromatic heterocycles. The monoisotopic (exact) mass is 309 g/mol. The van der Waals surface area contributed by atoms with E-state index in [-0.39, 0.29) is 6.03 Å². The first-order chi connectivity index (χ1) is 9.56. The van der Waals surface area contributed by atoms with E-state index in [9.17, 15) is 4.79 Å². The summed E-state index contributed by atoms with van der Waals surface area (Å²) in [5.74, 6) is 0. The van der Waals surface area contributed by atoms with E-state index < -0.39 is 0 Å². The normalized spacial score (nSPS) is 9.95. The number of urea groups is 1. The first kappa shape index (κ1) is 14.5. The number of hydrogen-bond donors (Lipinski definition) is 2. The molecule has 2 rings (SSSR count). The van der Waals surface area contributed by atoms with Crippen LogP contribution in [-0.2, 0) is 0 Å². The summed E-state index contributed by atoms with van der Waals surface area (Å²) in [5.41, 5.74) is 4.13. The Morgan fingerprint density at radius 3 is 2.40 bits per heavy atom. The fraction of sp³-hybridized carbons (Fsp3) is 0.0714. The number of para-hydroxylation sites is 1. The van der Waals surface area contributed by atoms with E-state index in [4.69, 9.17) is 23.2 Å². The van der Waals surface area contributed by atoms with Crippen LogP contribution in [0.1, 0.15) is 0 Å². The van der Waals surface area contributed by atoms with E-state index >= 15 is 0 Å². The highest BCUT2D eigenvalue weighted by Crippen LogP contribution is 2.24. The van der Waals surface area contributed by atoms with Gasteiger partial charge in [0.05, 0.1) is 15.7 Å². The molecule has 0 saturated carbocycles. The van der Waals surface area contributed by atoms with Crippen molar-refractivity contribution in [3.8, 4) is 0 Å². The topological polar surface area (TPSA) is 44.4 Å². The predicted molar refractivity (Wildman–Crippen MR) is 83.5 cm³/mol. The minimum atomic E-state index is -0.366. The van der Waals surface area contributed by atoms with Crippen molar-refractivity contribution in [3.63, 3.8) is 0 Å². The summed E-state index contributed by atoms with van der Waals surface area (Å²) < 4.78 is 0. The third-order valence-electron chi connectivity index (χ3n) is 2.59. The first-order valence-electron chi connectivity index (χ1n) is 5.88. The third kappa shape index (κ3) is 3.79. The molecule has 2 amide bonds. The molecule has 20 heavy (non-hydrogen) atoms. The Hall–Kier alpha value is -1.91. The standard InChI is InChI=1S/C14H13Cl2N3O/c1-19(11-5-3-2-4-6-11)18-14(20)17-10-7-8-12(15)13(16)9-10/h2-9H,1H3,(H2,17,18,20). The second kappa shape index (κ2) is 6.50. The van der Waals surface area contributed by atoms with Crippen LogP contribution in [-0.4, -0.2) is 13.1 Å². The Morgan fingerprint density at radius 1 is 1.05 bits per heavy atom. The van der Waals surface area contributed by atoms with Crippen LogP contribution >= 0.6 is 23.2 Å². The van der Waals surface area contributed by atoms with E-state index in [2.05, 4.69) is 10.7 Å². The SMILES string of the molecule is CN(NC(=O)Nc1ccc(Cl)c(Cl)c1)c1ccccc1. The van der Waals surface area contributed by atoms with E-state index in [1.165, 1.54) is 0 Å². The molecule has 0 atom stereocenters. The second-order valence-corrected chi connectivity index (χ2v) is 4.90. The predicted octanol–water partition coefficient (Wildman–Crippen LogP) is 4.17. The maximum atomic E-state index is 11.9. The number of hydrogen-bond acceptors (Lipinski definition) is 2. The van der Waals surface area contributed by atoms with E-state index in [0.717, 1.165) is 5.69 Å². The lowest BCUT2D eigenvalue weighted by molar-refractivity contribution is 0.252. The summed E-state index contributed by atoms with van der Waals surface area (Å²) in [6.45, 7) is 0. The summed E-state index contributed by atoms with van der Waals surface area (Å²) in [6.07, 6.45) is 0. The second-order valence-electron chi connectivity index (χ2n) is 4.09. The number of benzene rings is 2. The Bertz CT molecular complexity index is 605. The molecule has 0 heterocycles. The fourth-order valence-corrected chi connectivity index (χ4v) is 1.90. The average Bonchev–Trinajstić information content (AvgIpc) is 2.44. The molecule has 0 fully saturated rings. The van der Waals surface area contributed by atoms with Gasteiger partial charge in [0, 0.05) is 12.7 Å². The first-order valence-corrected chi connectivity index (χ1v) is 6.63. The van der Waals surface area contributed by atoms with Gasteiger partial charge in [0.25, 0.3) is 0 Å². The van der Waals surface area contributed by atoms with Crippen LogP contribution in [0.15, 0.2) is 48.5 Å². The Balaban J connectivity index is 1.97. The highest BCUT2D eigenvalue weighted by Gasteiger charge is 2.07. The van der Waals surface area contributed by atoms with Crippen molar-refractivity contribution in [1.29, 1.82) is 0 Å². The molecule has 4 nitrogen and oxygen atoms in total. The zero-order chi connectivity index (χ0) is 14.5. The molecular formula is C14H13Cl2N3O. The zero-order valence-corrected chi connectivity index (χ0v) is 12.2. The van der Waals surface area contributed by atoms with E-state index in [0.29, 0.717) is 15.7 Å². The summed E-state index contributed by atoms with van der Waals surface area (Å²) in [5, 5.41) is 5.13. The van der Waals surface area contributed by atoms with Gasteiger partial charge in [-0.1, -0.05) is 41.4 Å². The van der Waals surface area contributed by atoms with Gasteiger partial charge < -0.3 is 5.32 Å². The van der Waals surface area contributed by atoms with Gasteiger partial charge in [-0.25, -0.2) is 10.2 Å². The quantitative estimate of drug-likeness (QED) is 0.836. The van der Waals surface area contributed by atoms with Crippen molar-refractivity contribution in [2.75, 3.05) is 17.4 Å². The number of carbonyl (C=O) groups excluding carboxylic acids is 1. The van der Waals surface area contributed by atoms with Gasteiger partial charge in [-0.2, -0.15) is 0 Å². The Morgan fingerprint density at radius 2 is 1.75 bits per heavy atom. The molecule has 0 aliphatic carbocycles. The van der Waals surface area contributed by atoms with E-state index in [1.807, 2.05) is 30.3 Å². The summed E-state index contributed by atoms with van der Waals surface area (Å²) >= 11 is 11.7. The fourth-order valence-electron chi connectivity index (χ4n) is 1.60. The van der Waals surface area contributed by atoms with Crippen LogP contribution in [0.2, 0.25) is 10.0 Å². The number of anilines is 2. The number of nitrogens with one attached hydrogen (secondary N) is 2. The van der Waals surface area contributed by atoms with Gasteiger partial charge in [-0.3, -0.25) is 5.01 Å². The maximum Gasteiger partial charge on any atom is 0.338 e. The molecule has 0 unspecified atom stereocenters. The van der Waals surface area contributed by atoms with Crippen LogP contribution in [0.3, 0.4) is 0 Å². The van der Waals surface area contributed by atoms with Crippen molar-refractivity contribution in [1.82, 2.24) is 5.43 Å². The highest BCUT2D eigenvalue weighted by molar-refractivity contribution is 6.42. The molecule has 0 spiro atoms. The molecule has 0 saturated heterocycles. The molecule has 2 aromatic rings. The Labute approximate surface area is 127 Å². The number of nitrogens with zero attached hydrogens (tertiary/aromatic N) is 1. The lowest BCUT2D eigenvalue weighted by Gasteiger charge is -2.20. The molecule has 2 aromatic carbocycles. The smallest absolute Gasteiger partial charge is 0.307 e. The van der Waals surface area contributed by atoms with Crippen molar-refractivity contribution >= 4 is 40.6 Å². The number of carbonyl (C=O) groups is 1. The van der Waals surface area contributed by atoms with Crippen molar-refractivity contribution in [2.45, 2.75) is 0 Å². The molecular weight excluding hydrogens is 297 g/mol. The highest BCUT2D eigenvalue weighted by atomic mass is 35.5. The lowest BCUT2D eigenvalue weighted by atomic mass is 10.3. The van der Waals surface area contributed by atoms with Crippen LogP contribution < -0.4 is 15.8 Å². The summed E-state index contributed by atoms with van der Waals surface area (Å²) in [6, 6.07) is 14.0. The lowest BCUT2D eigenvalue weighted by Crippen LogP contribution is -2.42. The number of amides is 2. The van der Waals surface area contributed by atoms with Gasteiger partial charge in [0.2, 0.25) is 0 Å². The largest absolute Gasteiger partial charge is 0.338 e. The van der Waals surface area contributed by atoms with Gasteiger partial charge >= 0.3 is 6.03 Å². The van der Waals surface area contributed by atoms with Gasteiger partial charge in [0.1, 0.15) is 0 Å². The molecule has 0 bridgehead atoms. The molecule has 104 valence electrons. The summed E-state index contributed by atoms with van der Waals surface area (Å²) in [4.78, 5) is 11.9. The van der Waals surface area contributed by atoms with Crippen LogP contribution in [0.4, 0.5) is 16.2 Å². The summed E-state index contributed by atoms with van der Waals surface area (Å²) in [7, 11) is 1.75. The molecule has 0 aliphatic rings. The Kier molecular flexibility index (Phi) is 4.71. The molecule has 0 radical (unpaired) electrons. The number of rotatable bonds is 3. The average molecular weight is 310 g/mol. The van der Waals surface area contributed by atoms with Gasteiger partial charge in [-0.15, -0.1) is 0 Å². The van der Waals surface area contributed by atoms with Crippen molar-refractivity contribution in [2.24, 2.45) is 0 Å². The van der Waals surface area contributed by atoms with E-state index in [1.54, 1.807) is 30.3 Å². The van der Waals surface area contributed by atoms with Gasteiger partial charge in [-0.05, 0) is 30.3 Å². The number of halogens is 2. The minimum Gasteiger partial charge on any atom is -0.307 e. The molecule has 0 aliphatic heterocycles.